The van der Waals surface area contributed by atoms with Crippen LogP contribution >= 0.6 is 0 Å². The third-order valence-corrected chi connectivity index (χ3v) is 4.59. The minimum Gasteiger partial charge on any atom is -0.321 e. The minimum absolute atomic E-state index is 0.0386. The maximum atomic E-state index is 13.0. The summed E-state index contributed by atoms with van der Waals surface area (Å²) in [6, 6.07) is 9.24. The van der Waals surface area contributed by atoms with Gasteiger partial charge in [0.25, 0.3) is 11.5 Å². The van der Waals surface area contributed by atoms with Crippen LogP contribution in [-0.4, -0.2) is 41.0 Å². The van der Waals surface area contributed by atoms with Gasteiger partial charge in [-0.2, -0.15) is 0 Å². The lowest BCUT2D eigenvalue weighted by molar-refractivity contribution is 0.102. The van der Waals surface area contributed by atoms with Gasteiger partial charge in [0.15, 0.2) is 0 Å². The Morgan fingerprint density at radius 1 is 1.26 bits per heavy atom. The van der Waals surface area contributed by atoms with Crippen molar-refractivity contribution >= 4 is 22.4 Å². The molecule has 2 aromatic heterocycles. The Morgan fingerprint density at radius 3 is 2.78 bits per heavy atom. The topological polar surface area (TPSA) is 67.2 Å². The predicted octanol–water partition coefficient (Wildman–Crippen LogP) is 3.08. The van der Waals surface area contributed by atoms with Crippen LogP contribution in [0.1, 0.15) is 28.9 Å². The molecule has 140 valence electrons. The van der Waals surface area contributed by atoms with Gasteiger partial charge in [-0.3, -0.25) is 14.6 Å². The molecule has 2 heterocycles. The molecule has 0 aliphatic carbocycles. The van der Waals surface area contributed by atoms with Gasteiger partial charge >= 0.3 is 0 Å². The molecule has 6 heteroatoms. The van der Waals surface area contributed by atoms with Crippen molar-refractivity contribution in [3.8, 4) is 0 Å². The molecule has 3 rings (SSSR count). The highest BCUT2D eigenvalue weighted by molar-refractivity contribution is 6.09. The fourth-order valence-corrected chi connectivity index (χ4v) is 3.30. The van der Waals surface area contributed by atoms with Crippen molar-refractivity contribution in [1.29, 1.82) is 0 Å². The Balaban J connectivity index is 1.98. The summed E-state index contributed by atoms with van der Waals surface area (Å²) in [5.74, 6) is -0.395. The average Bonchev–Trinajstić information content (AvgIpc) is 2.61. The number of carbonyl (C=O) groups is 1. The number of hydrogen-bond donors (Lipinski definition) is 1. The largest absolute Gasteiger partial charge is 0.321 e. The Kier molecular flexibility index (Phi) is 5.37. The maximum absolute atomic E-state index is 13.0. The zero-order valence-corrected chi connectivity index (χ0v) is 16.1. The first-order chi connectivity index (χ1) is 12.9. The van der Waals surface area contributed by atoms with Crippen LogP contribution in [0, 0.1) is 6.92 Å². The first kappa shape index (κ1) is 18.8. The monoisotopic (exact) mass is 364 g/mol. The summed E-state index contributed by atoms with van der Waals surface area (Å²) in [7, 11) is 3.91. The number of pyridine rings is 2. The van der Waals surface area contributed by atoms with Gasteiger partial charge in [0, 0.05) is 47.6 Å². The van der Waals surface area contributed by atoms with Crippen LogP contribution in [0.2, 0.25) is 0 Å². The molecular formula is C21H24N4O2. The number of nitrogens with zero attached hydrogens (tertiary/aromatic N) is 3. The first-order valence-corrected chi connectivity index (χ1v) is 8.89. The van der Waals surface area contributed by atoms with Crippen LogP contribution in [0.3, 0.4) is 0 Å². The van der Waals surface area contributed by atoms with Crippen LogP contribution in [0.4, 0.5) is 5.69 Å². The smallest absolute Gasteiger partial charge is 0.263 e. The molecule has 0 bridgehead atoms. The lowest BCUT2D eigenvalue weighted by Crippen LogP contribution is -2.34. The van der Waals surface area contributed by atoms with E-state index in [1.807, 2.05) is 56.3 Å². The molecule has 0 aliphatic rings. The van der Waals surface area contributed by atoms with E-state index in [-0.39, 0.29) is 17.2 Å². The quantitative estimate of drug-likeness (QED) is 0.755. The third-order valence-electron chi connectivity index (χ3n) is 4.59. The number of aryl methyl sites for hydroxylation is 1. The van der Waals surface area contributed by atoms with Crippen molar-refractivity contribution in [1.82, 2.24) is 14.5 Å². The van der Waals surface area contributed by atoms with E-state index in [1.54, 1.807) is 30.1 Å². The molecule has 0 aliphatic heterocycles. The molecule has 0 spiro atoms. The summed E-state index contributed by atoms with van der Waals surface area (Å²) < 4.78 is 1.62. The van der Waals surface area contributed by atoms with Crippen molar-refractivity contribution < 1.29 is 4.79 Å². The zero-order valence-electron chi connectivity index (χ0n) is 16.1. The Labute approximate surface area is 158 Å². The van der Waals surface area contributed by atoms with E-state index < -0.39 is 5.91 Å². The van der Waals surface area contributed by atoms with E-state index in [4.69, 9.17) is 0 Å². The summed E-state index contributed by atoms with van der Waals surface area (Å²) in [6.45, 7) is 4.46. The molecule has 0 saturated carbocycles. The number of carbonyl (C=O) groups excluding carboxylic acids is 1. The summed E-state index contributed by atoms with van der Waals surface area (Å²) in [5, 5.41) is 4.71. The van der Waals surface area contributed by atoms with E-state index in [2.05, 4.69) is 10.3 Å². The van der Waals surface area contributed by atoms with Crippen LogP contribution in [-0.2, 0) is 0 Å². The second kappa shape index (κ2) is 7.72. The molecule has 0 fully saturated rings. The predicted molar refractivity (Wildman–Crippen MR) is 108 cm³/mol. The highest BCUT2D eigenvalue weighted by Crippen LogP contribution is 2.22. The third kappa shape index (κ3) is 3.90. The van der Waals surface area contributed by atoms with Gasteiger partial charge in [-0.05, 0) is 51.7 Å². The standard InChI is InChI=1S/C21H24N4O2/c1-14-9-11-25(15(2)13-24(3)4)21(27)19(14)20(26)23-18-7-5-6-16-12-22-10-8-17(16)18/h5-12,15H,13H2,1-4H3,(H,23,26). The lowest BCUT2D eigenvalue weighted by atomic mass is 10.1. The van der Waals surface area contributed by atoms with Crippen molar-refractivity contribution in [2.45, 2.75) is 19.9 Å². The number of aromatic nitrogens is 2. The number of likely N-dealkylation sites (N-methyl/N-ethyl adjacent to an activating group) is 1. The van der Waals surface area contributed by atoms with E-state index in [1.165, 1.54) is 0 Å². The molecule has 1 amide bonds. The van der Waals surface area contributed by atoms with Crippen LogP contribution in [0.5, 0.6) is 0 Å². The highest BCUT2D eigenvalue weighted by atomic mass is 16.2. The molecule has 27 heavy (non-hydrogen) atoms. The van der Waals surface area contributed by atoms with Crippen molar-refractivity contribution in [2.75, 3.05) is 26.0 Å². The van der Waals surface area contributed by atoms with Gasteiger partial charge in [0.1, 0.15) is 5.56 Å². The Morgan fingerprint density at radius 2 is 2.04 bits per heavy atom. The molecule has 1 aromatic carbocycles. The summed E-state index contributed by atoms with van der Waals surface area (Å²) in [6.07, 6.45) is 5.18. The molecule has 1 N–H and O–H groups in total. The number of anilines is 1. The number of hydrogen-bond acceptors (Lipinski definition) is 4. The normalized spacial score (nSPS) is 12.3. The van der Waals surface area contributed by atoms with Gasteiger partial charge in [-0.15, -0.1) is 0 Å². The summed E-state index contributed by atoms with van der Waals surface area (Å²) in [4.78, 5) is 32.0. The van der Waals surface area contributed by atoms with E-state index in [9.17, 15) is 9.59 Å². The van der Waals surface area contributed by atoms with Gasteiger partial charge in [-0.25, -0.2) is 0 Å². The van der Waals surface area contributed by atoms with E-state index in [0.717, 1.165) is 10.8 Å². The maximum Gasteiger partial charge on any atom is 0.263 e. The molecule has 6 nitrogen and oxygen atoms in total. The second-order valence-corrected chi connectivity index (χ2v) is 7.05. The van der Waals surface area contributed by atoms with E-state index >= 15 is 0 Å². The van der Waals surface area contributed by atoms with Crippen LogP contribution in [0.15, 0.2) is 53.7 Å². The SMILES string of the molecule is Cc1ccn(C(C)CN(C)C)c(=O)c1C(=O)Nc1cccc2cnccc12. The molecular weight excluding hydrogens is 340 g/mol. The Hall–Kier alpha value is -2.99. The zero-order chi connectivity index (χ0) is 19.6. The van der Waals surface area contributed by atoms with Gasteiger partial charge < -0.3 is 14.8 Å². The molecule has 0 saturated heterocycles. The van der Waals surface area contributed by atoms with Crippen molar-refractivity contribution in [3.05, 3.63) is 70.4 Å². The van der Waals surface area contributed by atoms with E-state index in [0.29, 0.717) is 17.8 Å². The fourth-order valence-electron chi connectivity index (χ4n) is 3.30. The highest BCUT2D eigenvalue weighted by Gasteiger charge is 2.19. The summed E-state index contributed by atoms with van der Waals surface area (Å²) in [5.41, 5.74) is 1.22. The molecule has 0 radical (unpaired) electrons. The van der Waals surface area contributed by atoms with Gasteiger partial charge in [-0.1, -0.05) is 12.1 Å². The van der Waals surface area contributed by atoms with Crippen molar-refractivity contribution in [2.24, 2.45) is 0 Å². The second-order valence-electron chi connectivity index (χ2n) is 7.05. The number of rotatable bonds is 5. The molecule has 1 unspecified atom stereocenters. The number of amides is 1. The van der Waals surface area contributed by atoms with Gasteiger partial charge in [0.05, 0.1) is 0 Å². The number of nitrogens with one attached hydrogen (secondary N) is 1. The summed E-state index contributed by atoms with van der Waals surface area (Å²) >= 11 is 0. The van der Waals surface area contributed by atoms with Crippen LogP contribution < -0.4 is 10.9 Å². The van der Waals surface area contributed by atoms with Crippen LogP contribution in [0.25, 0.3) is 10.8 Å². The lowest BCUT2D eigenvalue weighted by Gasteiger charge is -2.20. The number of benzene rings is 1. The minimum atomic E-state index is -0.395. The fraction of sp³-hybridized carbons (Fsp3) is 0.286. The first-order valence-electron chi connectivity index (χ1n) is 8.89. The number of fused-ring (bicyclic) bond motifs is 1. The molecule has 1 atom stereocenters. The average molecular weight is 364 g/mol. The van der Waals surface area contributed by atoms with Gasteiger partial charge in [0.2, 0.25) is 0 Å². The van der Waals surface area contributed by atoms with Crippen molar-refractivity contribution in [3.63, 3.8) is 0 Å². The molecule has 3 aromatic rings. The Bertz CT molecular complexity index is 1030.